The zero-order valence-electron chi connectivity index (χ0n) is 15.7. The van der Waals surface area contributed by atoms with E-state index < -0.39 is 11.0 Å². The second-order valence-corrected chi connectivity index (χ2v) is 8.93. The van der Waals surface area contributed by atoms with Crippen LogP contribution in [-0.4, -0.2) is 28.8 Å². The molecule has 2 heterocycles. The molecule has 142 valence electrons. The minimum atomic E-state index is -0.737. The number of rotatable bonds is 5. The van der Waals surface area contributed by atoms with Crippen molar-refractivity contribution in [1.29, 1.82) is 0 Å². The lowest BCUT2D eigenvalue weighted by Gasteiger charge is -2.52. The van der Waals surface area contributed by atoms with Crippen LogP contribution in [0.25, 0.3) is 0 Å². The molecule has 0 spiro atoms. The van der Waals surface area contributed by atoms with Crippen LogP contribution in [0, 0.1) is 0 Å². The van der Waals surface area contributed by atoms with Crippen molar-refractivity contribution in [3.8, 4) is 0 Å². The summed E-state index contributed by atoms with van der Waals surface area (Å²) in [6.45, 7) is 3.10. The lowest BCUT2D eigenvalue weighted by Crippen LogP contribution is -2.69. The molecule has 1 aromatic heterocycles. The molecule has 2 amide bonds. The van der Waals surface area contributed by atoms with Gasteiger partial charge in [0.15, 0.2) is 0 Å². The van der Waals surface area contributed by atoms with Gasteiger partial charge >= 0.3 is 0 Å². The third kappa shape index (κ3) is 3.08. The molecule has 1 saturated heterocycles. The number of hydrogen-bond acceptors (Lipinski definition) is 3. The Balaban J connectivity index is 1.53. The van der Waals surface area contributed by atoms with Crippen molar-refractivity contribution < 1.29 is 9.59 Å². The summed E-state index contributed by atoms with van der Waals surface area (Å²) in [5.74, 6) is 0.0860. The molecular formula is C22H26N2O2S. The van der Waals surface area contributed by atoms with Crippen molar-refractivity contribution >= 4 is 23.2 Å². The van der Waals surface area contributed by atoms with Crippen LogP contribution in [0.1, 0.15) is 49.5 Å². The molecule has 1 atom stereocenters. The van der Waals surface area contributed by atoms with Crippen LogP contribution in [0.2, 0.25) is 0 Å². The highest BCUT2D eigenvalue weighted by atomic mass is 32.1. The minimum Gasteiger partial charge on any atom is -0.349 e. The Morgan fingerprint density at radius 3 is 2.41 bits per heavy atom. The van der Waals surface area contributed by atoms with Crippen LogP contribution in [0.4, 0.5) is 0 Å². The van der Waals surface area contributed by atoms with Crippen LogP contribution in [-0.2, 0) is 21.5 Å². The van der Waals surface area contributed by atoms with Gasteiger partial charge in [0, 0.05) is 11.4 Å². The van der Waals surface area contributed by atoms with Crippen molar-refractivity contribution in [1.82, 2.24) is 10.2 Å². The number of carbonyl (C=O) groups is 2. The van der Waals surface area contributed by atoms with Gasteiger partial charge in [-0.1, -0.05) is 49.2 Å². The molecule has 2 aliphatic rings. The molecule has 2 aromatic rings. The van der Waals surface area contributed by atoms with E-state index in [9.17, 15) is 9.59 Å². The molecule has 1 aromatic carbocycles. The number of nitrogens with zero attached hydrogens (tertiary/aromatic N) is 1. The summed E-state index contributed by atoms with van der Waals surface area (Å²) in [4.78, 5) is 29.5. The number of likely N-dealkylation sites (tertiary alicyclic amines) is 1. The second-order valence-electron chi connectivity index (χ2n) is 7.90. The highest BCUT2D eigenvalue weighted by Crippen LogP contribution is 2.45. The number of thiophene rings is 1. The van der Waals surface area contributed by atoms with E-state index >= 15 is 0 Å². The highest BCUT2D eigenvalue weighted by molar-refractivity contribution is 7.09. The summed E-state index contributed by atoms with van der Waals surface area (Å²) in [6, 6.07) is 14.1. The van der Waals surface area contributed by atoms with Gasteiger partial charge < -0.3 is 10.2 Å². The molecular weight excluding hydrogens is 356 g/mol. The average Bonchev–Trinajstić information content (AvgIpc) is 3.37. The summed E-state index contributed by atoms with van der Waals surface area (Å²) >= 11 is 1.63. The molecule has 1 aliphatic carbocycles. The number of benzene rings is 1. The van der Waals surface area contributed by atoms with Crippen molar-refractivity contribution in [2.75, 3.05) is 6.54 Å². The summed E-state index contributed by atoms with van der Waals surface area (Å²) in [6.07, 6.45) is 4.60. The summed E-state index contributed by atoms with van der Waals surface area (Å²) in [7, 11) is 0. The average molecular weight is 383 g/mol. The topological polar surface area (TPSA) is 49.4 Å². The first kappa shape index (κ1) is 18.2. The van der Waals surface area contributed by atoms with Crippen molar-refractivity contribution in [3.05, 3.63) is 58.3 Å². The van der Waals surface area contributed by atoms with E-state index in [1.807, 2.05) is 47.5 Å². The Morgan fingerprint density at radius 1 is 1.07 bits per heavy atom. The highest BCUT2D eigenvalue weighted by Gasteiger charge is 2.55. The molecule has 4 nitrogen and oxygen atoms in total. The van der Waals surface area contributed by atoms with Crippen molar-refractivity contribution in [2.24, 2.45) is 0 Å². The fourth-order valence-electron chi connectivity index (χ4n) is 4.51. The molecule has 1 aliphatic heterocycles. The Hall–Kier alpha value is -2.14. The number of amides is 2. The molecule has 1 N–H and O–H groups in total. The predicted octanol–water partition coefficient (Wildman–Crippen LogP) is 3.87. The van der Waals surface area contributed by atoms with Gasteiger partial charge in [-0.25, -0.2) is 0 Å². The van der Waals surface area contributed by atoms with Gasteiger partial charge in [-0.15, -0.1) is 11.3 Å². The van der Waals surface area contributed by atoms with Crippen molar-refractivity contribution in [2.45, 2.75) is 56.5 Å². The molecule has 4 rings (SSSR count). The van der Waals surface area contributed by atoms with Crippen LogP contribution >= 0.6 is 11.3 Å². The smallest absolute Gasteiger partial charge is 0.246 e. The number of carbonyl (C=O) groups excluding carboxylic acids is 2. The second kappa shape index (κ2) is 7.12. The maximum Gasteiger partial charge on any atom is 0.246 e. The molecule has 27 heavy (non-hydrogen) atoms. The van der Waals surface area contributed by atoms with E-state index in [-0.39, 0.29) is 11.8 Å². The lowest BCUT2D eigenvalue weighted by atomic mass is 9.74. The molecule has 1 unspecified atom stereocenters. The Bertz CT molecular complexity index is 812. The molecule has 0 bridgehead atoms. The SMILES string of the molecule is CC1(C(=O)NCc2cccs2)CCN1C(=O)C1(c2ccccc2)CCCC1. The van der Waals surface area contributed by atoms with Gasteiger partial charge in [0.2, 0.25) is 11.8 Å². The fraction of sp³-hybridized carbons (Fsp3) is 0.455. The number of hydrogen-bond donors (Lipinski definition) is 1. The Labute approximate surface area is 164 Å². The van der Waals surface area contributed by atoms with Gasteiger partial charge in [-0.05, 0) is 43.2 Å². The molecule has 5 heteroatoms. The largest absolute Gasteiger partial charge is 0.349 e. The lowest BCUT2D eigenvalue weighted by molar-refractivity contribution is -0.162. The summed E-state index contributed by atoms with van der Waals surface area (Å²) in [5, 5.41) is 5.04. The van der Waals surface area contributed by atoms with Crippen LogP contribution in [0.5, 0.6) is 0 Å². The molecule has 2 fully saturated rings. The van der Waals surface area contributed by atoms with Crippen molar-refractivity contribution in [3.63, 3.8) is 0 Å². The van der Waals surface area contributed by atoms with Gasteiger partial charge in [-0.3, -0.25) is 9.59 Å². The van der Waals surface area contributed by atoms with Crippen LogP contribution < -0.4 is 5.32 Å². The monoisotopic (exact) mass is 382 g/mol. The molecule has 0 radical (unpaired) electrons. The normalized spacial score (nSPS) is 23.7. The van der Waals surface area contributed by atoms with Crippen LogP contribution in [0.3, 0.4) is 0 Å². The van der Waals surface area contributed by atoms with E-state index in [0.717, 1.165) is 42.5 Å². The third-order valence-corrected chi connectivity index (χ3v) is 7.22. The Kier molecular flexibility index (Phi) is 4.81. The first-order chi connectivity index (χ1) is 13.1. The maximum absolute atomic E-state index is 13.7. The first-order valence-electron chi connectivity index (χ1n) is 9.75. The van der Waals surface area contributed by atoms with Gasteiger partial charge in [0.25, 0.3) is 0 Å². The van der Waals surface area contributed by atoms with E-state index in [1.165, 1.54) is 0 Å². The van der Waals surface area contributed by atoms with Gasteiger partial charge in [0.05, 0.1) is 12.0 Å². The first-order valence-corrected chi connectivity index (χ1v) is 10.6. The van der Waals surface area contributed by atoms with Gasteiger partial charge in [0.1, 0.15) is 5.54 Å². The summed E-state index contributed by atoms with van der Waals surface area (Å²) in [5.41, 5.74) is -0.101. The summed E-state index contributed by atoms with van der Waals surface area (Å²) < 4.78 is 0. The Morgan fingerprint density at radius 2 is 1.81 bits per heavy atom. The molecule has 1 saturated carbocycles. The quantitative estimate of drug-likeness (QED) is 0.853. The third-order valence-electron chi connectivity index (χ3n) is 6.35. The standard InChI is InChI=1S/C22H26N2O2S/c1-21(19(25)23-16-18-10-7-15-27-18)13-14-24(21)20(26)22(11-5-6-12-22)17-8-3-2-4-9-17/h2-4,7-10,15H,5-6,11-14,16H2,1H3,(H,23,25). The van der Waals surface area contributed by atoms with E-state index in [4.69, 9.17) is 0 Å². The fourth-order valence-corrected chi connectivity index (χ4v) is 5.16. The zero-order valence-corrected chi connectivity index (χ0v) is 16.6. The van der Waals surface area contributed by atoms with Gasteiger partial charge in [-0.2, -0.15) is 0 Å². The predicted molar refractivity (Wildman–Crippen MR) is 107 cm³/mol. The van der Waals surface area contributed by atoms with E-state index in [0.29, 0.717) is 13.1 Å². The van der Waals surface area contributed by atoms with E-state index in [2.05, 4.69) is 17.4 Å². The maximum atomic E-state index is 13.7. The zero-order chi connectivity index (χ0) is 18.9. The minimum absolute atomic E-state index is 0.0447. The van der Waals surface area contributed by atoms with Crippen LogP contribution in [0.15, 0.2) is 47.8 Å². The van der Waals surface area contributed by atoms with E-state index in [1.54, 1.807) is 11.3 Å². The number of nitrogens with one attached hydrogen (secondary N) is 1.